The lowest BCUT2D eigenvalue weighted by Crippen LogP contribution is -2.47. The van der Waals surface area contributed by atoms with Crippen LogP contribution in [0.2, 0.25) is 0 Å². The second-order valence-electron chi connectivity index (χ2n) is 16.4. The number of amides is 6. The molecule has 3 aromatic carbocycles. The van der Waals surface area contributed by atoms with Gasteiger partial charge in [0.15, 0.2) is 11.6 Å². The second kappa shape index (κ2) is 18.6. The van der Waals surface area contributed by atoms with E-state index in [4.69, 9.17) is 14.2 Å². The molecule has 0 radical (unpaired) electrons. The molecular weight excluding hydrogens is 880 g/mol. The number of halogens is 1. The number of hydrogen-bond acceptors (Lipinski definition) is 12. The first-order chi connectivity index (χ1) is 30.3. The number of imide groups is 1. The van der Waals surface area contributed by atoms with E-state index >= 15 is 0 Å². The van der Waals surface area contributed by atoms with Crippen LogP contribution in [0, 0.1) is 29.9 Å². The molecule has 1 aromatic heterocycles. The highest BCUT2D eigenvalue weighted by atomic mass is 79.9. The zero-order valence-corrected chi connectivity index (χ0v) is 36.4. The molecule has 4 aromatic rings. The molecule has 2 N–H and O–H groups in total. The molecule has 330 valence electrons. The van der Waals surface area contributed by atoms with Crippen LogP contribution in [0.25, 0.3) is 10.8 Å². The zero-order valence-electron chi connectivity index (χ0n) is 34.8. The molecule has 2 bridgehead atoms. The summed E-state index contributed by atoms with van der Waals surface area (Å²) in [5.74, 6) is 0.634. The fourth-order valence-corrected chi connectivity index (χ4v) is 9.23. The summed E-state index contributed by atoms with van der Waals surface area (Å²) in [6.07, 6.45) is 7.54. The number of morpholine rings is 1. The van der Waals surface area contributed by atoms with Crippen molar-refractivity contribution in [2.24, 2.45) is 5.92 Å². The summed E-state index contributed by atoms with van der Waals surface area (Å²) in [5, 5.41) is 17.9. The number of non-ortho nitro benzene ring substituents is 1. The van der Waals surface area contributed by atoms with Gasteiger partial charge in [-0.15, -0.1) is 0 Å². The van der Waals surface area contributed by atoms with Crippen LogP contribution in [0.15, 0.2) is 59.3 Å². The standard InChI is InChI=1S/C44H47BrN8O10/c1-25-16-38(35(19-34(25)45)48-43(57)49-39-21-46-26(2)20-47-39)63-24-31-22-50(14-15-61-31)40(55)7-5-3-4-6-29(54)23-62-30-10-11-32-33(18-30)36(12-13-37(32)53(59)60)52-42(56)41-27-8-9-28(17-27)51(41)44(52)58/h10-13,16,18-21,27-28,31,41H,3-9,14-15,17,22-24H2,1-2H3,(H2,47,48,49,57)/t27-,28+,31-,41+/m0/s1. The van der Waals surface area contributed by atoms with Gasteiger partial charge in [0.25, 0.3) is 11.6 Å². The Morgan fingerprint density at radius 2 is 1.79 bits per heavy atom. The number of ether oxygens (including phenoxy) is 3. The summed E-state index contributed by atoms with van der Waals surface area (Å²) in [4.78, 5) is 90.2. The van der Waals surface area contributed by atoms with Crippen LogP contribution < -0.4 is 25.0 Å². The molecule has 4 fully saturated rings. The van der Waals surface area contributed by atoms with Crippen LogP contribution in [-0.2, 0) is 19.1 Å². The minimum absolute atomic E-state index is 0.0170. The van der Waals surface area contributed by atoms with Gasteiger partial charge in [-0.05, 0) is 93.8 Å². The smallest absolute Gasteiger partial charge is 0.332 e. The number of hydrogen-bond donors (Lipinski definition) is 2. The normalized spacial score (nSPS) is 20.3. The van der Waals surface area contributed by atoms with Crippen molar-refractivity contribution in [3.8, 4) is 11.5 Å². The number of carbonyl (C=O) groups is 5. The fourth-order valence-electron chi connectivity index (χ4n) is 8.88. The molecule has 0 spiro atoms. The summed E-state index contributed by atoms with van der Waals surface area (Å²) in [6, 6.07) is 9.45. The first-order valence-electron chi connectivity index (χ1n) is 21.1. The number of urea groups is 2. The van der Waals surface area contributed by atoms with Crippen LogP contribution >= 0.6 is 15.9 Å². The van der Waals surface area contributed by atoms with E-state index in [2.05, 4.69) is 36.5 Å². The molecule has 6 amide bonds. The van der Waals surface area contributed by atoms with Crippen molar-refractivity contribution in [2.45, 2.75) is 83.4 Å². The number of Topliss-reactive ketones (excluding diaryl/α,β-unsaturated/α-hetero) is 1. The molecular formula is C44H47BrN8O10. The van der Waals surface area contributed by atoms with Gasteiger partial charge in [0.1, 0.15) is 36.9 Å². The van der Waals surface area contributed by atoms with Gasteiger partial charge >= 0.3 is 12.1 Å². The van der Waals surface area contributed by atoms with Crippen LogP contribution in [0.3, 0.4) is 0 Å². The summed E-state index contributed by atoms with van der Waals surface area (Å²) in [6.45, 7) is 4.75. The van der Waals surface area contributed by atoms with Gasteiger partial charge in [0.2, 0.25) is 5.91 Å². The maximum atomic E-state index is 13.6. The van der Waals surface area contributed by atoms with Gasteiger partial charge < -0.3 is 29.3 Å². The van der Waals surface area contributed by atoms with E-state index < -0.39 is 29.1 Å². The predicted octanol–water partition coefficient (Wildman–Crippen LogP) is 7.09. The van der Waals surface area contributed by atoms with Gasteiger partial charge in [-0.2, -0.15) is 0 Å². The van der Waals surface area contributed by atoms with Gasteiger partial charge in [-0.25, -0.2) is 19.5 Å². The summed E-state index contributed by atoms with van der Waals surface area (Å²) >= 11 is 3.51. The number of ketones is 1. The predicted molar refractivity (Wildman–Crippen MR) is 234 cm³/mol. The van der Waals surface area contributed by atoms with Crippen LogP contribution in [0.4, 0.5) is 32.5 Å². The molecule has 0 unspecified atom stereocenters. The molecule has 3 aliphatic heterocycles. The molecule has 4 atom stereocenters. The number of carbonyl (C=O) groups excluding carboxylic acids is 5. The first-order valence-corrected chi connectivity index (χ1v) is 21.8. The average molecular weight is 928 g/mol. The van der Waals surface area contributed by atoms with Crippen LogP contribution in [-0.4, -0.2) is 105 Å². The minimum Gasteiger partial charge on any atom is -0.489 e. The molecule has 18 nitrogen and oxygen atoms in total. The largest absolute Gasteiger partial charge is 0.489 e. The Balaban J connectivity index is 0.785. The van der Waals surface area contributed by atoms with Gasteiger partial charge in [0, 0.05) is 41.4 Å². The molecule has 3 saturated heterocycles. The Bertz CT molecular complexity index is 2440. The number of benzene rings is 3. The third kappa shape index (κ3) is 9.44. The third-order valence-corrected chi connectivity index (χ3v) is 12.9. The number of aryl methyl sites for hydroxylation is 2. The summed E-state index contributed by atoms with van der Waals surface area (Å²) in [7, 11) is 0. The van der Waals surface area contributed by atoms with Crippen LogP contribution in [0.5, 0.6) is 11.5 Å². The number of nitro groups is 1. The number of anilines is 3. The topological polar surface area (TPSA) is 216 Å². The maximum Gasteiger partial charge on any atom is 0.332 e. The number of nitro benzene ring substituents is 1. The highest BCUT2D eigenvalue weighted by Gasteiger charge is 2.59. The van der Waals surface area contributed by atoms with Crippen molar-refractivity contribution in [1.82, 2.24) is 19.8 Å². The molecule has 63 heavy (non-hydrogen) atoms. The van der Waals surface area contributed by atoms with E-state index in [1.807, 2.05) is 6.92 Å². The molecule has 19 heteroatoms. The quantitative estimate of drug-likeness (QED) is 0.0499. The fraction of sp³-hybridized carbons (Fsp3) is 0.432. The van der Waals surface area contributed by atoms with E-state index in [0.29, 0.717) is 68.0 Å². The molecule has 1 saturated carbocycles. The number of nitrogens with one attached hydrogen (secondary N) is 2. The van der Waals surface area contributed by atoms with Crippen molar-refractivity contribution >= 4 is 79.2 Å². The Morgan fingerprint density at radius 3 is 2.57 bits per heavy atom. The van der Waals surface area contributed by atoms with E-state index in [1.165, 1.54) is 30.5 Å². The maximum absolute atomic E-state index is 13.6. The number of nitrogens with zero attached hydrogens (tertiary/aromatic N) is 6. The number of rotatable bonds is 16. The average Bonchev–Trinajstić information content (AvgIpc) is 3.97. The number of fused-ring (bicyclic) bond motifs is 6. The molecule has 4 heterocycles. The van der Waals surface area contributed by atoms with E-state index in [0.717, 1.165) is 39.9 Å². The minimum atomic E-state index is -0.520. The lowest BCUT2D eigenvalue weighted by Gasteiger charge is -2.33. The molecule has 1 aliphatic carbocycles. The second-order valence-corrected chi connectivity index (χ2v) is 17.2. The van der Waals surface area contributed by atoms with Crippen molar-refractivity contribution < 1.29 is 43.1 Å². The zero-order chi connectivity index (χ0) is 44.4. The lowest BCUT2D eigenvalue weighted by molar-refractivity contribution is -0.383. The van der Waals surface area contributed by atoms with Crippen molar-refractivity contribution in [1.29, 1.82) is 0 Å². The van der Waals surface area contributed by atoms with Crippen molar-refractivity contribution in [3.05, 3.63) is 80.7 Å². The molecule has 4 aliphatic rings. The van der Waals surface area contributed by atoms with E-state index in [9.17, 15) is 34.1 Å². The Hall–Kier alpha value is -6.21. The highest BCUT2D eigenvalue weighted by Crippen LogP contribution is 2.48. The van der Waals surface area contributed by atoms with Crippen molar-refractivity contribution in [3.63, 3.8) is 0 Å². The first kappa shape index (κ1) is 43.4. The number of piperidine rings is 1. The molecule has 8 rings (SSSR count). The van der Waals surface area contributed by atoms with Gasteiger partial charge in [-0.1, -0.05) is 22.4 Å². The van der Waals surface area contributed by atoms with E-state index in [-0.39, 0.29) is 71.7 Å². The van der Waals surface area contributed by atoms with E-state index in [1.54, 1.807) is 41.1 Å². The van der Waals surface area contributed by atoms with Gasteiger partial charge in [0.05, 0.1) is 52.9 Å². The highest BCUT2D eigenvalue weighted by molar-refractivity contribution is 9.10. The number of aromatic nitrogens is 2. The van der Waals surface area contributed by atoms with Gasteiger partial charge in [-0.3, -0.25) is 34.8 Å². The van der Waals surface area contributed by atoms with Crippen molar-refractivity contribution in [2.75, 3.05) is 48.4 Å². The number of unbranched alkanes of at least 4 members (excludes halogenated alkanes) is 2. The Kier molecular flexibility index (Phi) is 12.9. The monoisotopic (exact) mass is 926 g/mol. The summed E-state index contributed by atoms with van der Waals surface area (Å²) < 4.78 is 18.7. The SMILES string of the molecule is Cc1cnc(NC(=O)Nc2cc(Br)c(C)cc2OC[C@@H]2CN(C(=O)CCCCCC(=O)COc3ccc4c([N+](=O)[O-])ccc(N5C(=O)[C@H]6[C@H]7CC[C@H](C7)N6C5=O)c4c3)CCO2)cn1. The van der Waals surface area contributed by atoms with Crippen LogP contribution in [0.1, 0.15) is 62.6 Å². The Labute approximate surface area is 370 Å². The Morgan fingerprint density at radius 1 is 0.968 bits per heavy atom. The summed E-state index contributed by atoms with van der Waals surface area (Å²) in [5.41, 5.74) is 2.12. The lowest BCUT2D eigenvalue weighted by atomic mass is 9.99. The third-order valence-electron chi connectivity index (χ3n) is 12.0.